The monoisotopic (exact) mass is 243 g/mol. The van der Waals surface area contributed by atoms with Crippen LogP contribution in [0.25, 0.3) is 10.9 Å². The highest BCUT2D eigenvalue weighted by atomic mass is 35.7. The number of aromatic nitrogens is 1. The molecule has 4 heteroatoms. The van der Waals surface area contributed by atoms with Crippen molar-refractivity contribution in [1.29, 1.82) is 0 Å². The zero-order valence-electron chi connectivity index (χ0n) is 8.09. The van der Waals surface area contributed by atoms with Gasteiger partial charge in [-0.1, -0.05) is 18.2 Å². The van der Waals surface area contributed by atoms with Crippen molar-refractivity contribution in [2.24, 2.45) is 7.05 Å². The molecule has 0 radical (unpaired) electrons. The lowest BCUT2D eigenvalue weighted by Crippen LogP contribution is -2.37. The number of aryl methyl sites for hydroxylation is 1. The standard InChI is InChI=1S/C10H11Cl2NSi/c1-13-9-6-4-3-5-8(9)7-10(13)14(2,11)12/h3-7H,1-2H3. The van der Waals surface area contributed by atoms with Crippen LogP contribution >= 0.6 is 22.2 Å². The van der Waals surface area contributed by atoms with Gasteiger partial charge in [0.1, 0.15) is 0 Å². The molecular formula is C10H11Cl2NSi. The molecular weight excluding hydrogens is 233 g/mol. The van der Waals surface area contributed by atoms with Crippen LogP contribution in [0.3, 0.4) is 0 Å². The first-order valence-corrected chi connectivity index (χ1v) is 8.95. The SMILES string of the molecule is Cn1c([Si](C)(Cl)Cl)cc2ccccc21. The summed E-state index contributed by atoms with van der Waals surface area (Å²) in [6, 6.07) is 10.3. The Hall–Kier alpha value is -0.443. The van der Waals surface area contributed by atoms with Crippen molar-refractivity contribution in [3.8, 4) is 0 Å². The highest BCUT2D eigenvalue weighted by Crippen LogP contribution is 2.20. The van der Waals surface area contributed by atoms with E-state index in [0.29, 0.717) is 0 Å². The van der Waals surface area contributed by atoms with Gasteiger partial charge in [0.25, 0.3) is 6.69 Å². The molecule has 0 aliphatic carbocycles. The topological polar surface area (TPSA) is 4.93 Å². The summed E-state index contributed by atoms with van der Waals surface area (Å²) in [6.45, 7) is -0.333. The Labute approximate surface area is 93.7 Å². The minimum absolute atomic E-state index is 1.06. The molecule has 0 spiro atoms. The van der Waals surface area contributed by atoms with E-state index in [9.17, 15) is 0 Å². The maximum Gasteiger partial charge on any atom is 0.293 e. The van der Waals surface area contributed by atoms with E-state index in [2.05, 4.69) is 22.8 Å². The second-order valence-electron chi connectivity index (χ2n) is 3.54. The van der Waals surface area contributed by atoms with Gasteiger partial charge in [-0.05, 0) is 24.1 Å². The maximum atomic E-state index is 6.22. The van der Waals surface area contributed by atoms with Crippen LogP contribution in [0, 0.1) is 0 Å². The van der Waals surface area contributed by atoms with E-state index in [4.69, 9.17) is 22.2 Å². The molecule has 0 aliphatic heterocycles. The van der Waals surface area contributed by atoms with Crippen LogP contribution in [0.15, 0.2) is 30.3 Å². The van der Waals surface area contributed by atoms with E-state index in [0.717, 1.165) is 5.32 Å². The van der Waals surface area contributed by atoms with E-state index in [-0.39, 0.29) is 0 Å². The Kier molecular flexibility index (Phi) is 2.38. The summed E-state index contributed by atoms with van der Waals surface area (Å²) in [6.07, 6.45) is 0. The average molecular weight is 244 g/mol. The number of nitrogens with zero attached hydrogens (tertiary/aromatic N) is 1. The van der Waals surface area contributed by atoms with Crippen LogP contribution in [0.2, 0.25) is 6.55 Å². The van der Waals surface area contributed by atoms with Crippen molar-refractivity contribution in [3.63, 3.8) is 0 Å². The predicted octanol–water partition coefficient (Wildman–Crippen LogP) is 2.93. The molecule has 0 atom stereocenters. The van der Waals surface area contributed by atoms with Crippen LogP contribution in [-0.4, -0.2) is 11.3 Å². The van der Waals surface area contributed by atoms with Crippen molar-refractivity contribution >= 4 is 45.1 Å². The highest BCUT2D eigenvalue weighted by Gasteiger charge is 2.27. The Balaban J connectivity index is 2.75. The number of para-hydroxylation sites is 1. The molecule has 14 heavy (non-hydrogen) atoms. The molecule has 0 fully saturated rings. The van der Waals surface area contributed by atoms with Crippen LogP contribution < -0.4 is 5.32 Å². The van der Waals surface area contributed by atoms with Crippen molar-refractivity contribution in [2.45, 2.75) is 6.55 Å². The molecule has 1 aromatic heterocycles. The smallest absolute Gasteiger partial charge is 0.293 e. The van der Waals surface area contributed by atoms with Gasteiger partial charge < -0.3 is 4.57 Å². The third-order valence-electron chi connectivity index (χ3n) is 2.40. The first-order chi connectivity index (χ1) is 6.50. The largest absolute Gasteiger partial charge is 0.349 e. The average Bonchev–Trinajstić information content (AvgIpc) is 2.44. The molecule has 0 bridgehead atoms. The van der Waals surface area contributed by atoms with E-state index >= 15 is 0 Å². The Morgan fingerprint density at radius 2 is 1.86 bits per heavy atom. The molecule has 2 rings (SSSR count). The molecule has 0 amide bonds. The van der Waals surface area contributed by atoms with E-state index < -0.39 is 6.69 Å². The maximum absolute atomic E-state index is 6.22. The number of benzene rings is 1. The van der Waals surface area contributed by atoms with Gasteiger partial charge in [0.2, 0.25) is 0 Å². The predicted molar refractivity (Wildman–Crippen MR) is 65.9 cm³/mol. The molecule has 0 N–H and O–H groups in total. The summed E-state index contributed by atoms with van der Waals surface area (Å²) in [4.78, 5) is 0. The van der Waals surface area contributed by atoms with E-state index in [1.807, 2.05) is 25.7 Å². The molecule has 1 heterocycles. The fourth-order valence-corrected chi connectivity index (χ4v) is 3.92. The fourth-order valence-electron chi connectivity index (χ4n) is 1.71. The first-order valence-electron chi connectivity index (χ1n) is 4.43. The number of fused-ring (bicyclic) bond motifs is 1. The third kappa shape index (κ3) is 1.58. The normalized spacial score (nSPS) is 12.3. The number of rotatable bonds is 1. The minimum atomic E-state index is -2.25. The zero-order chi connectivity index (χ0) is 10.3. The van der Waals surface area contributed by atoms with Gasteiger partial charge in [0.15, 0.2) is 0 Å². The molecule has 1 aromatic carbocycles. The van der Waals surface area contributed by atoms with Crippen molar-refractivity contribution in [3.05, 3.63) is 30.3 Å². The van der Waals surface area contributed by atoms with Gasteiger partial charge >= 0.3 is 0 Å². The Morgan fingerprint density at radius 3 is 2.43 bits per heavy atom. The zero-order valence-corrected chi connectivity index (χ0v) is 10.6. The lowest BCUT2D eigenvalue weighted by atomic mass is 10.2. The number of hydrogen-bond donors (Lipinski definition) is 0. The lowest BCUT2D eigenvalue weighted by molar-refractivity contribution is 0.999. The molecule has 74 valence electrons. The first kappa shape index (κ1) is 10.1. The van der Waals surface area contributed by atoms with Crippen molar-refractivity contribution in [1.82, 2.24) is 4.57 Å². The summed E-state index contributed by atoms with van der Waals surface area (Å²) in [5.41, 5.74) is 1.18. The van der Waals surface area contributed by atoms with Gasteiger partial charge in [-0.25, -0.2) is 0 Å². The van der Waals surface area contributed by atoms with Gasteiger partial charge in [-0.2, -0.15) is 0 Å². The number of hydrogen-bond acceptors (Lipinski definition) is 0. The van der Waals surface area contributed by atoms with Gasteiger partial charge in [-0.3, -0.25) is 0 Å². The van der Waals surface area contributed by atoms with Crippen LogP contribution in [-0.2, 0) is 7.05 Å². The molecule has 0 unspecified atom stereocenters. The van der Waals surface area contributed by atoms with Gasteiger partial charge in [-0.15, -0.1) is 22.2 Å². The van der Waals surface area contributed by atoms with Crippen molar-refractivity contribution < 1.29 is 0 Å². The molecule has 0 aliphatic rings. The third-order valence-corrected chi connectivity index (χ3v) is 4.94. The van der Waals surface area contributed by atoms with Gasteiger partial charge in [0, 0.05) is 17.9 Å². The molecule has 1 nitrogen and oxygen atoms in total. The summed E-state index contributed by atoms with van der Waals surface area (Å²) in [5.74, 6) is 0. The van der Waals surface area contributed by atoms with Crippen LogP contribution in [0.1, 0.15) is 0 Å². The minimum Gasteiger partial charge on any atom is -0.349 e. The Bertz CT molecular complexity index is 470. The number of halogens is 2. The fraction of sp³-hybridized carbons (Fsp3) is 0.200. The van der Waals surface area contributed by atoms with E-state index in [1.165, 1.54) is 10.9 Å². The van der Waals surface area contributed by atoms with Crippen LogP contribution in [0.5, 0.6) is 0 Å². The summed E-state index contributed by atoms with van der Waals surface area (Å²) in [7, 11) is 2.01. The van der Waals surface area contributed by atoms with Crippen molar-refractivity contribution in [2.75, 3.05) is 0 Å². The summed E-state index contributed by atoms with van der Waals surface area (Å²) in [5, 5.41) is 2.26. The second-order valence-corrected chi connectivity index (χ2v) is 10.9. The van der Waals surface area contributed by atoms with Crippen LogP contribution in [0.4, 0.5) is 0 Å². The molecule has 0 saturated carbocycles. The second kappa shape index (κ2) is 3.30. The molecule has 0 saturated heterocycles. The molecule has 2 aromatic rings. The Morgan fingerprint density at radius 1 is 1.21 bits per heavy atom. The summed E-state index contributed by atoms with van der Waals surface area (Å²) < 4.78 is 2.08. The van der Waals surface area contributed by atoms with Gasteiger partial charge in [0.05, 0.1) is 0 Å². The highest BCUT2D eigenvalue weighted by molar-refractivity contribution is 7.50. The van der Waals surface area contributed by atoms with E-state index in [1.54, 1.807) is 0 Å². The lowest BCUT2D eigenvalue weighted by Gasteiger charge is -2.11. The summed E-state index contributed by atoms with van der Waals surface area (Å²) >= 11 is 12.4. The quantitative estimate of drug-likeness (QED) is 0.537.